The van der Waals surface area contributed by atoms with Gasteiger partial charge in [-0.2, -0.15) is 0 Å². The monoisotopic (exact) mass is 1440 g/mol. The van der Waals surface area contributed by atoms with E-state index in [0.29, 0.717) is 11.3 Å². The average molecular weight is 1440 g/mol. The van der Waals surface area contributed by atoms with Crippen LogP contribution in [0.3, 0.4) is 0 Å². The minimum absolute atomic E-state index is 0.0993. The molecule has 20 rings (SSSR count). The molecule has 0 saturated carbocycles. The van der Waals surface area contributed by atoms with Gasteiger partial charge in [-0.15, -0.1) is 0 Å². The fourth-order valence-electron chi connectivity index (χ4n) is 17.9. The van der Waals surface area contributed by atoms with Crippen molar-refractivity contribution in [1.82, 2.24) is 8.97 Å². The Hall–Kier alpha value is -12.4. The summed E-state index contributed by atoms with van der Waals surface area (Å²) in [7, 11) is 0. The van der Waals surface area contributed by atoms with Gasteiger partial charge in [0.05, 0.1) is 59.9 Å². The third-order valence-electron chi connectivity index (χ3n) is 23.6. The molecule has 0 bridgehead atoms. The molecule has 18 aromatic rings. The van der Waals surface area contributed by atoms with Gasteiger partial charge in [0.2, 0.25) is 0 Å². The first-order valence-corrected chi connectivity index (χ1v) is 39.0. The summed E-state index contributed by atoms with van der Waals surface area (Å²) in [6.07, 6.45) is 0. The molecule has 5 heteroatoms. The molecule has 111 heavy (non-hydrogen) atoms. The highest BCUT2D eigenvalue weighted by Gasteiger charge is 2.49. The lowest BCUT2D eigenvalue weighted by Gasteiger charge is -2.46. The predicted molar refractivity (Wildman–Crippen MR) is 477 cm³/mol. The van der Waals surface area contributed by atoms with Crippen LogP contribution >= 0.6 is 0 Å². The van der Waals surface area contributed by atoms with Gasteiger partial charge in [0.15, 0.2) is 0 Å². The van der Waals surface area contributed by atoms with Crippen LogP contribution in [0, 0.1) is 0 Å². The molecule has 3 aromatic heterocycles. The van der Waals surface area contributed by atoms with Crippen molar-refractivity contribution < 1.29 is 9.60 Å². The smallest absolute Gasteiger partial charge is 0.252 e. The minimum Gasteiger partial charge on any atom is -0.309 e. The quantitative estimate of drug-likeness (QED) is 0.134. The van der Waals surface area contributed by atoms with Crippen molar-refractivity contribution in [3.8, 4) is 72.4 Å². The Balaban J connectivity index is 1.05. The van der Waals surface area contributed by atoms with E-state index in [4.69, 9.17) is 0 Å². The summed E-state index contributed by atoms with van der Waals surface area (Å²) in [5.41, 5.74) is 27.7. The van der Waals surface area contributed by atoms with Crippen molar-refractivity contribution >= 4 is 117 Å². The number of fused-ring (bicyclic) bond motifs is 15. The first-order valence-electron chi connectivity index (χ1n) is 42.5. The number of anilines is 6. The highest BCUT2D eigenvalue weighted by molar-refractivity contribution is 7.01. The van der Waals surface area contributed by atoms with Gasteiger partial charge in [-0.05, 0) is 178 Å². The summed E-state index contributed by atoms with van der Waals surface area (Å²) in [6, 6.07) is 99.5. The molecule has 0 spiro atoms. The van der Waals surface area contributed by atoms with Crippen LogP contribution in [0.15, 0.2) is 321 Å². The van der Waals surface area contributed by atoms with Gasteiger partial charge in [-0.1, -0.05) is 332 Å². The first-order chi connectivity index (χ1) is 56.6. The molecule has 0 fully saturated rings. The van der Waals surface area contributed by atoms with E-state index in [1.54, 1.807) is 4.57 Å². The molecule has 2 aliphatic rings. The zero-order chi connectivity index (χ0) is 81.8. The molecule has 0 unspecified atom stereocenters. The Morgan fingerprint density at radius 3 is 1.19 bits per heavy atom. The lowest BCUT2D eigenvalue weighted by atomic mass is 9.33. The van der Waals surface area contributed by atoms with Crippen molar-refractivity contribution in [3.05, 3.63) is 344 Å². The van der Waals surface area contributed by atoms with Gasteiger partial charge >= 0.3 is 0 Å². The molecule has 2 aliphatic heterocycles. The van der Waals surface area contributed by atoms with Crippen LogP contribution in [-0.4, -0.2) is 15.7 Å². The molecule has 0 amide bonds. The summed E-state index contributed by atoms with van der Waals surface area (Å²) >= 11 is 0. The second kappa shape index (κ2) is 25.1. The summed E-state index contributed by atoms with van der Waals surface area (Å²) in [5, 5.41) is 4.60. The van der Waals surface area contributed by atoms with E-state index in [1.165, 1.54) is 16.7 Å². The van der Waals surface area contributed by atoms with E-state index >= 15 is 0 Å². The fraction of sp³-hybridized carbons (Fsp3) is 0.151. The van der Waals surface area contributed by atoms with Crippen LogP contribution in [0.2, 0.25) is 0 Å². The number of rotatable bonds is 9. The van der Waals surface area contributed by atoms with E-state index in [0.717, 1.165) is 150 Å². The topological polar surface area (TPSA) is 15.8 Å². The Morgan fingerprint density at radius 1 is 0.288 bits per heavy atom. The Morgan fingerprint density at radius 2 is 0.712 bits per heavy atom. The average Bonchev–Trinajstić information content (AvgIpc) is 1.42. The van der Waals surface area contributed by atoms with E-state index in [2.05, 4.69) is 346 Å². The summed E-state index contributed by atoms with van der Waals surface area (Å²) in [5.74, 6) is 0. The van der Waals surface area contributed by atoms with Crippen LogP contribution in [0.4, 0.5) is 34.1 Å². The molecule has 536 valence electrons. The highest BCUT2D eigenvalue weighted by Crippen LogP contribution is 2.60. The molecule has 0 atom stereocenters. The van der Waals surface area contributed by atoms with E-state index in [-0.39, 0.29) is 79.2 Å². The fourth-order valence-corrected chi connectivity index (χ4v) is 17.9. The maximum atomic E-state index is 10.5. The molecular formula is C106H89BN4. The maximum absolute atomic E-state index is 10.5. The van der Waals surface area contributed by atoms with Crippen molar-refractivity contribution in [3.63, 3.8) is 0 Å². The van der Waals surface area contributed by atoms with Crippen molar-refractivity contribution in [2.75, 3.05) is 9.80 Å². The van der Waals surface area contributed by atoms with E-state index < -0.39 is 18.8 Å². The molecule has 0 N–H and O–H groups in total. The van der Waals surface area contributed by atoms with Crippen LogP contribution in [0.25, 0.3) is 132 Å². The number of hydrogen-bond donors (Lipinski definition) is 0. The number of para-hydroxylation sites is 3. The van der Waals surface area contributed by atoms with Crippen molar-refractivity contribution in [2.45, 2.75) is 105 Å². The highest BCUT2D eigenvalue weighted by atomic mass is 15.2. The largest absolute Gasteiger partial charge is 0.309 e. The predicted octanol–water partition coefficient (Wildman–Crippen LogP) is 27.2. The summed E-state index contributed by atoms with van der Waals surface area (Å²) in [4.78, 5) is 5.28. The molecule has 0 radical (unpaired) electrons. The lowest BCUT2D eigenvalue weighted by molar-refractivity contribution is 0.569. The standard InChI is InChI=1S/C106H89BN4/c1-103(2,3)74-56-73(57-75(60-74)104(4,5)6)72-51-55-93-88(59-72)107-87-53-52-78(108-89-47-31-28-44-79(89)86-58-71(50-54-92(86)108)66-34-18-13-19-35-66)65-94(87)111(99-84(69-40-24-16-25-41-69)63-77(106(10,11)12)64-85(99)70-42-26-17-27-43-70)102-96-81-46-30-33-49-91(81)109-90-48-32-29-45-80(90)95(100(96)109)101(97(102)107)110(93)98-82(67-36-20-14-21-37-67)61-76(105(7,8)9)62-83(98)68-38-22-15-23-39-68/h13-65H,1-12H3/i28D,31D,44D,47D,50D,54D,58D. The van der Waals surface area contributed by atoms with Crippen LogP contribution < -0.4 is 26.2 Å². The SMILES string of the molecule is [2H]c1c([2H])c([2H])c2c(c1[2H])c1c([2H])c(-c3ccccc3)c([2H])c([2H])c1n2-c1ccc2c(c1)N(c1c(-c3ccccc3)cc(C(C)(C)C)cc1-c1ccccc1)c1c3c(c4c5ccccc5n5c6ccccc6c1c45)N(c1c(-c4ccccc4)cc(C(C)(C)C)cc1-c1ccccc1)c1ccc(-c4cc(C(C)(C)C)cc(C(C)(C)C)c4)cc1B23. The second-order valence-electron chi connectivity index (χ2n) is 34.7. The van der Waals surface area contributed by atoms with Gasteiger partial charge in [0.25, 0.3) is 6.71 Å². The van der Waals surface area contributed by atoms with Gasteiger partial charge in [-0.25, -0.2) is 0 Å². The van der Waals surface area contributed by atoms with Gasteiger partial charge in [-0.3, -0.25) is 0 Å². The van der Waals surface area contributed by atoms with Crippen LogP contribution in [0.1, 0.15) is 115 Å². The molecular weight excluding hydrogens is 1340 g/mol. The zero-order valence-corrected chi connectivity index (χ0v) is 64.9. The molecule has 15 aromatic carbocycles. The normalized spacial score (nSPS) is 14.1. The molecule has 0 aliphatic carbocycles. The summed E-state index contributed by atoms with van der Waals surface area (Å²) < 4.78 is 74.5. The zero-order valence-electron chi connectivity index (χ0n) is 71.9. The third kappa shape index (κ3) is 10.8. The van der Waals surface area contributed by atoms with E-state index in [1.807, 2.05) is 30.3 Å². The first kappa shape index (κ1) is 60.5. The van der Waals surface area contributed by atoms with Crippen molar-refractivity contribution in [1.29, 1.82) is 0 Å². The number of nitrogens with zero attached hydrogens (tertiary/aromatic N) is 4. The minimum atomic E-state index is -0.571. The van der Waals surface area contributed by atoms with Crippen LogP contribution in [0.5, 0.6) is 0 Å². The summed E-state index contributed by atoms with van der Waals surface area (Å²) in [6.45, 7) is 27.1. The number of hydrogen-bond acceptors (Lipinski definition) is 2. The molecule has 0 saturated heterocycles. The van der Waals surface area contributed by atoms with E-state index in [9.17, 15) is 9.60 Å². The number of benzene rings is 15. The second-order valence-corrected chi connectivity index (χ2v) is 34.7. The maximum Gasteiger partial charge on any atom is 0.252 e. The van der Waals surface area contributed by atoms with Crippen molar-refractivity contribution in [2.24, 2.45) is 0 Å². The Bertz CT molecular complexity index is 7070. The van der Waals surface area contributed by atoms with Gasteiger partial charge in [0, 0.05) is 71.6 Å². The van der Waals surface area contributed by atoms with Gasteiger partial charge in [0.1, 0.15) is 0 Å². The lowest BCUT2D eigenvalue weighted by Crippen LogP contribution is -2.61. The Kier molecular flexibility index (Phi) is 13.6. The van der Waals surface area contributed by atoms with Crippen LogP contribution in [-0.2, 0) is 21.7 Å². The third-order valence-corrected chi connectivity index (χ3v) is 23.6. The molecule has 5 heterocycles. The molecule has 4 nitrogen and oxygen atoms in total. The van der Waals surface area contributed by atoms with Gasteiger partial charge < -0.3 is 18.8 Å². The number of aromatic nitrogens is 2. The Labute approximate surface area is 662 Å².